The van der Waals surface area contributed by atoms with Crippen molar-refractivity contribution in [2.75, 3.05) is 17.3 Å². The van der Waals surface area contributed by atoms with Gasteiger partial charge in [-0.2, -0.15) is 0 Å². The number of thioether (sulfide) groups is 1. The van der Waals surface area contributed by atoms with E-state index in [0.717, 1.165) is 36.1 Å². The van der Waals surface area contributed by atoms with Crippen LogP contribution in [-0.2, 0) is 17.6 Å². The Hall–Kier alpha value is -2.07. The standard InChI is InChI=1S/C16H22N6O2S2/c1-3-9(22-15(18)20-21-16(22)25-2)13(24)19-14-11(12(17)23)8-6-4-5-7-10(8)26-14/h9H,3-7H2,1-2H3,(H2,17,23)(H2,18,20)(H,19,24). The number of fused-ring (bicyclic) bond motifs is 1. The van der Waals surface area contributed by atoms with Gasteiger partial charge >= 0.3 is 0 Å². The first kappa shape index (κ1) is 18.7. The summed E-state index contributed by atoms with van der Waals surface area (Å²) in [5.74, 6) is -0.561. The summed E-state index contributed by atoms with van der Waals surface area (Å²) < 4.78 is 1.62. The predicted molar refractivity (Wildman–Crippen MR) is 104 cm³/mol. The van der Waals surface area contributed by atoms with Crippen LogP contribution >= 0.6 is 23.1 Å². The predicted octanol–water partition coefficient (Wildman–Crippen LogP) is 2.21. The van der Waals surface area contributed by atoms with E-state index in [-0.39, 0.29) is 11.9 Å². The van der Waals surface area contributed by atoms with E-state index in [1.165, 1.54) is 23.1 Å². The van der Waals surface area contributed by atoms with Gasteiger partial charge in [-0.3, -0.25) is 14.2 Å². The van der Waals surface area contributed by atoms with Crippen LogP contribution in [0.1, 0.15) is 53.0 Å². The van der Waals surface area contributed by atoms with E-state index < -0.39 is 11.9 Å². The Balaban J connectivity index is 1.93. The Morgan fingerprint density at radius 1 is 1.35 bits per heavy atom. The van der Waals surface area contributed by atoms with E-state index >= 15 is 0 Å². The molecule has 26 heavy (non-hydrogen) atoms. The monoisotopic (exact) mass is 394 g/mol. The van der Waals surface area contributed by atoms with Crippen LogP contribution < -0.4 is 16.8 Å². The number of nitrogen functional groups attached to an aromatic ring is 1. The lowest BCUT2D eigenvalue weighted by molar-refractivity contribution is -0.119. The average molecular weight is 395 g/mol. The minimum atomic E-state index is -0.563. The second-order valence-corrected chi connectivity index (χ2v) is 7.99. The molecule has 2 amide bonds. The molecular formula is C16H22N6O2S2. The van der Waals surface area contributed by atoms with Crippen LogP contribution in [0.2, 0.25) is 0 Å². The van der Waals surface area contributed by atoms with Gasteiger partial charge in [0.15, 0.2) is 5.16 Å². The van der Waals surface area contributed by atoms with E-state index in [9.17, 15) is 9.59 Å². The van der Waals surface area contributed by atoms with Crippen molar-refractivity contribution < 1.29 is 9.59 Å². The first-order chi connectivity index (χ1) is 12.5. The number of nitrogens with zero attached hydrogens (tertiary/aromatic N) is 3. The van der Waals surface area contributed by atoms with E-state index in [4.69, 9.17) is 11.5 Å². The highest BCUT2D eigenvalue weighted by Gasteiger charge is 2.29. The fourth-order valence-corrected chi connectivity index (χ4v) is 5.15. The summed E-state index contributed by atoms with van der Waals surface area (Å²) in [6.45, 7) is 1.89. The SMILES string of the molecule is CCC(C(=O)Nc1sc2c(c1C(N)=O)CCCC2)n1c(N)nnc1SC. The van der Waals surface area contributed by atoms with Crippen LogP contribution in [0.15, 0.2) is 5.16 Å². The molecule has 2 aromatic heterocycles. The lowest BCUT2D eigenvalue weighted by Gasteiger charge is -2.18. The number of thiophene rings is 1. The summed E-state index contributed by atoms with van der Waals surface area (Å²) in [7, 11) is 0. The molecule has 0 spiro atoms. The minimum Gasteiger partial charge on any atom is -0.368 e. The highest BCUT2D eigenvalue weighted by Crippen LogP contribution is 2.38. The molecule has 5 N–H and O–H groups in total. The van der Waals surface area contributed by atoms with Gasteiger partial charge in [0.25, 0.3) is 5.91 Å². The molecule has 3 rings (SSSR count). The maximum absolute atomic E-state index is 13.0. The fraction of sp³-hybridized carbons (Fsp3) is 0.500. The summed E-state index contributed by atoms with van der Waals surface area (Å²) in [4.78, 5) is 26.1. The molecule has 0 saturated heterocycles. The quantitative estimate of drug-likeness (QED) is 0.644. The van der Waals surface area contributed by atoms with Gasteiger partial charge < -0.3 is 16.8 Å². The molecular weight excluding hydrogens is 372 g/mol. The third-order valence-electron chi connectivity index (χ3n) is 4.53. The maximum atomic E-state index is 13.0. The highest BCUT2D eigenvalue weighted by atomic mass is 32.2. The molecule has 10 heteroatoms. The van der Waals surface area contributed by atoms with Crippen LogP contribution in [0.3, 0.4) is 0 Å². The first-order valence-corrected chi connectivity index (χ1v) is 10.5. The van der Waals surface area contributed by atoms with Gasteiger partial charge in [-0.1, -0.05) is 18.7 Å². The van der Waals surface area contributed by atoms with Crippen molar-refractivity contribution in [3.05, 3.63) is 16.0 Å². The van der Waals surface area contributed by atoms with Crippen LogP contribution in [-0.4, -0.2) is 32.8 Å². The molecule has 1 aliphatic carbocycles. The third kappa shape index (κ3) is 3.30. The lowest BCUT2D eigenvalue weighted by atomic mass is 9.95. The molecule has 0 aliphatic heterocycles. The summed E-state index contributed by atoms with van der Waals surface area (Å²) >= 11 is 2.82. The smallest absolute Gasteiger partial charge is 0.251 e. The zero-order valence-electron chi connectivity index (χ0n) is 14.7. The van der Waals surface area contributed by atoms with Gasteiger partial charge in [-0.05, 0) is 43.9 Å². The van der Waals surface area contributed by atoms with Gasteiger partial charge in [-0.25, -0.2) is 0 Å². The van der Waals surface area contributed by atoms with Crippen molar-refractivity contribution in [1.29, 1.82) is 0 Å². The second-order valence-electron chi connectivity index (χ2n) is 6.11. The average Bonchev–Trinajstić information content (AvgIpc) is 3.16. The number of hydrogen-bond donors (Lipinski definition) is 3. The zero-order chi connectivity index (χ0) is 18.8. The molecule has 140 valence electrons. The molecule has 8 nitrogen and oxygen atoms in total. The zero-order valence-corrected chi connectivity index (χ0v) is 16.4. The number of rotatable bonds is 6. The normalized spacial score (nSPS) is 14.7. The van der Waals surface area contributed by atoms with Crippen molar-refractivity contribution in [3.63, 3.8) is 0 Å². The summed E-state index contributed by atoms with van der Waals surface area (Å²) in [5.41, 5.74) is 13.0. The topological polar surface area (TPSA) is 129 Å². The van der Waals surface area contributed by atoms with Gasteiger partial charge in [0.2, 0.25) is 11.9 Å². The number of aryl methyl sites for hydroxylation is 1. The number of amides is 2. The Morgan fingerprint density at radius 2 is 2.08 bits per heavy atom. The van der Waals surface area contributed by atoms with Crippen molar-refractivity contribution in [2.45, 2.75) is 50.2 Å². The Morgan fingerprint density at radius 3 is 2.73 bits per heavy atom. The number of nitrogens with two attached hydrogens (primary N) is 2. The molecule has 1 atom stereocenters. The molecule has 1 unspecified atom stereocenters. The molecule has 2 heterocycles. The number of aromatic nitrogens is 3. The van der Waals surface area contributed by atoms with E-state index in [0.29, 0.717) is 22.1 Å². The number of carbonyl (C=O) groups excluding carboxylic acids is 2. The van der Waals surface area contributed by atoms with Crippen molar-refractivity contribution >= 4 is 45.9 Å². The van der Waals surface area contributed by atoms with Crippen LogP contribution in [0.4, 0.5) is 10.9 Å². The lowest BCUT2D eigenvalue weighted by Crippen LogP contribution is -2.28. The summed E-state index contributed by atoms with van der Waals surface area (Å²) in [6.07, 6.45) is 6.23. The summed E-state index contributed by atoms with van der Waals surface area (Å²) in [6, 6.07) is -0.563. The van der Waals surface area contributed by atoms with Gasteiger partial charge in [-0.15, -0.1) is 21.5 Å². The van der Waals surface area contributed by atoms with Gasteiger partial charge in [0, 0.05) is 4.88 Å². The number of carbonyl (C=O) groups is 2. The van der Waals surface area contributed by atoms with E-state index in [2.05, 4.69) is 15.5 Å². The number of hydrogen-bond acceptors (Lipinski definition) is 7. The molecule has 0 aromatic carbocycles. The highest BCUT2D eigenvalue weighted by molar-refractivity contribution is 7.98. The van der Waals surface area contributed by atoms with E-state index in [1.807, 2.05) is 13.2 Å². The van der Waals surface area contributed by atoms with Crippen molar-refractivity contribution in [1.82, 2.24) is 14.8 Å². The molecule has 0 radical (unpaired) electrons. The third-order valence-corrected chi connectivity index (χ3v) is 6.38. The number of nitrogens with one attached hydrogen (secondary N) is 1. The molecule has 2 aromatic rings. The Labute approximate surface area is 159 Å². The molecule has 0 bridgehead atoms. The van der Waals surface area contributed by atoms with Crippen LogP contribution in [0.25, 0.3) is 0 Å². The first-order valence-electron chi connectivity index (χ1n) is 8.47. The largest absolute Gasteiger partial charge is 0.368 e. The van der Waals surface area contributed by atoms with Crippen molar-refractivity contribution in [2.24, 2.45) is 5.73 Å². The number of anilines is 2. The Kier molecular flexibility index (Phi) is 5.52. The van der Waals surface area contributed by atoms with Crippen molar-refractivity contribution in [3.8, 4) is 0 Å². The molecule has 1 aliphatic rings. The fourth-order valence-electron chi connectivity index (χ4n) is 3.32. The number of primary amides is 1. The molecule has 0 saturated carbocycles. The van der Waals surface area contributed by atoms with Crippen LogP contribution in [0, 0.1) is 0 Å². The van der Waals surface area contributed by atoms with Gasteiger partial charge in [0.05, 0.1) is 5.56 Å². The summed E-state index contributed by atoms with van der Waals surface area (Å²) in [5, 5.41) is 11.9. The maximum Gasteiger partial charge on any atom is 0.251 e. The molecule has 0 fully saturated rings. The van der Waals surface area contributed by atoms with Crippen LogP contribution in [0.5, 0.6) is 0 Å². The minimum absolute atomic E-state index is 0.192. The Bertz CT molecular complexity index is 844. The second kappa shape index (κ2) is 7.67. The van der Waals surface area contributed by atoms with E-state index in [1.54, 1.807) is 4.57 Å². The van der Waals surface area contributed by atoms with Gasteiger partial charge in [0.1, 0.15) is 11.0 Å².